The highest BCUT2D eigenvalue weighted by atomic mass is 19.4. The SMILES string of the molecule is COc1ccc(C(NCC(O)c2ccc(F)cc2)C(F)(F)F)cc1. The molecule has 0 aliphatic carbocycles. The van der Waals surface area contributed by atoms with Crippen LogP contribution in [0.1, 0.15) is 23.3 Å². The van der Waals surface area contributed by atoms with Crippen molar-refractivity contribution in [1.29, 1.82) is 0 Å². The Hall–Kier alpha value is -2.12. The van der Waals surface area contributed by atoms with Gasteiger partial charge in [0.15, 0.2) is 0 Å². The minimum absolute atomic E-state index is 0.00889. The Kier molecular flexibility index (Phi) is 5.80. The molecule has 0 saturated carbocycles. The monoisotopic (exact) mass is 343 g/mol. The van der Waals surface area contributed by atoms with Crippen molar-refractivity contribution in [3.63, 3.8) is 0 Å². The number of nitrogens with one attached hydrogen (secondary N) is 1. The molecule has 2 N–H and O–H groups in total. The standard InChI is InChI=1S/C17H17F4NO2/c1-24-14-8-4-12(5-9-14)16(17(19,20)21)22-10-15(23)11-2-6-13(18)7-3-11/h2-9,15-16,22-23H,10H2,1H3. The second kappa shape index (κ2) is 7.63. The van der Waals surface area contributed by atoms with E-state index in [-0.39, 0.29) is 12.1 Å². The highest BCUT2D eigenvalue weighted by Gasteiger charge is 2.40. The molecule has 2 aromatic carbocycles. The van der Waals surface area contributed by atoms with Crippen molar-refractivity contribution in [3.05, 3.63) is 65.5 Å². The molecule has 0 heterocycles. The fraction of sp³-hybridized carbons (Fsp3) is 0.294. The molecule has 2 unspecified atom stereocenters. The Morgan fingerprint density at radius 2 is 1.54 bits per heavy atom. The Bertz CT molecular complexity index is 641. The van der Waals surface area contributed by atoms with Crippen molar-refractivity contribution in [2.75, 3.05) is 13.7 Å². The summed E-state index contributed by atoms with van der Waals surface area (Å²) in [6.07, 6.45) is -5.72. The lowest BCUT2D eigenvalue weighted by atomic mass is 10.0. The fourth-order valence-corrected chi connectivity index (χ4v) is 2.25. The van der Waals surface area contributed by atoms with Gasteiger partial charge in [-0.1, -0.05) is 24.3 Å². The van der Waals surface area contributed by atoms with Crippen LogP contribution in [0.25, 0.3) is 0 Å². The van der Waals surface area contributed by atoms with Gasteiger partial charge in [-0.25, -0.2) is 4.39 Å². The van der Waals surface area contributed by atoms with Gasteiger partial charge in [0, 0.05) is 6.54 Å². The van der Waals surface area contributed by atoms with Crippen molar-refractivity contribution in [2.24, 2.45) is 0 Å². The molecule has 2 aromatic rings. The first-order valence-corrected chi connectivity index (χ1v) is 7.19. The minimum Gasteiger partial charge on any atom is -0.497 e. The maximum Gasteiger partial charge on any atom is 0.407 e. The van der Waals surface area contributed by atoms with E-state index in [0.29, 0.717) is 11.3 Å². The maximum absolute atomic E-state index is 13.3. The summed E-state index contributed by atoms with van der Waals surface area (Å²) < 4.78 is 57.6. The zero-order chi connectivity index (χ0) is 17.7. The molecule has 3 nitrogen and oxygen atoms in total. The van der Waals surface area contributed by atoms with E-state index in [2.05, 4.69) is 5.32 Å². The van der Waals surface area contributed by atoms with Gasteiger partial charge in [-0.3, -0.25) is 5.32 Å². The second-order valence-corrected chi connectivity index (χ2v) is 5.22. The van der Waals surface area contributed by atoms with Gasteiger partial charge in [0.2, 0.25) is 0 Å². The van der Waals surface area contributed by atoms with Crippen molar-refractivity contribution < 1.29 is 27.4 Å². The van der Waals surface area contributed by atoms with E-state index >= 15 is 0 Å². The molecule has 0 spiro atoms. The lowest BCUT2D eigenvalue weighted by Crippen LogP contribution is -2.36. The van der Waals surface area contributed by atoms with Crippen LogP contribution in [0, 0.1) is 5.82 Å². The summed E-state index contributed by atoms with van der Waals surface area (Å²) in [5.74, 6) is -0.0312. The normalized spacial score (nSPS) is 14.2. The summed E-state index contributed by atoms with van der Waals surface area (Å²) in [7, 11) is 1.42. The summed E-state index contributed by atoms with van der Waals surface area (Å²) in [5, 5.41) is 12.3. The van der Waals surface area contributed by atoms with Crippen LogP contribution in [0.3, 0.4) is 0 Å². The molecule has 0 fully saturated rings. The van der Waals surface area contributed by atoms with Gasteiger partial charge in [0.05, 0.1) is 13.2 Å². The van der Waals surface area contributed by atoms with Gasteiger partial charge in [-0.2, -0.15) is 13.2 Å². The molecular weight excluding hydrogens is 326 g/mol. The largest absolute Gasteiger partial charge is 0.497 e. The van der Waals surface area contributed by atoms with E-state index in [0.717, 1.165) is 12.1 Å². The number of aliphatic hydroxyl groups excluding tert-OH is 1. The lowest BCUT2D eigenvalue weighted by molar-refractivity contribution is -0.158. The van der Waals surface area contributed by atoms with Gasteiger partial charge in [-0.15, -0.1) is 0 Å². The minimum atomic E-state index is -4.53. The van der Waals surface area contributed by atoms with E-state index in [1.807, 2.05) is 0 Å². The molecular formula is C17H17F4NO2. The molecule has 0 saturated heterocycles. The Morgan fingerprint density at radius 1 is 1.00 bits per heavy atom. The summed E-state index contributed by atoms with van der Waals surface area (Å²) in [6.45, 7) is -0.332. The van der Waals surface area contributed by atoms with E-state index in [1.54, 1.807) is 0 Å². The fourth-order valence-electron chi connectivity index (χ4n) is 2.25. The number of methoxy groups -OCH3 is 1. The average Bonchev–Trinajstić information content (AvgIpc) is 2.55. The van der Waals surface area contributed by atoms with Crippen molar-refractivity contribution >= 4 is 0 Å². The van der Waals surface area contributed by atoms with E-state index in [9.17, 15) is 22.7 Å². The number of alkyl halides is 3. The molecule has 2 atom stereocenters. The molecule has 0 bridgehead atoms. The third-order valence-corrected chi connectivity index (χ3v) is 3.55. The summed E-state index contributed by atoms with van der Waals surface area (Å²) in [4.78, 5) is 0. The maximum atomic E-state index is 13.3. The third-order valence-electron chi connectivity index (χ3n) is 3.55. The van der Waals surface area contributed by atoms with Crippen molar-refractivity contribution in [3.8, 4) is 5.75 Å². The van der Waals surface area contributed by atoms with Crippen molar-refractivity contribution in [1.82, 2.24) is 5.32 Å². The molecule has 0 aromatic heterocycles. The molecule has 24 heavy (non-hydrogen) atoms. The quantitative estimate of drug-likeness (QED) is 0.785. The zero-order valence-electron chi connectivity index (χ0n) is 12.8. The van der Waals surface area contributed by atoms with Crippen LogP contribution in [-0.2, 0) is 0 Å². The summed E-state index contributed by atoms with van der Waals surface area (Å²) in [5.41, 5.74) is 0.342. The van der Waals surface area contributed by atoms with Gasteiger partial charge in [-0.05, 0) is 35.4 Å². The van der Waals surface area contributed by atoms with Crippen LogP contribution >= 0.6 is 0 Å². The number of hydrogen-bond donors (Lipinski definition) is 2. The molecule has 2 rings (SSSR count). The lowest BCUT2D eigenvalue weighted by Gasteiger charge is -2.24. The number of halogens is 4. The van der Waals surface area contributed by atoms with Gasteiger partial charge >= 0.3 is 6.18 Å². The summed E-state index contributed by atoms with van der Waals surface area (Å²) >= 11 is 0. The molecule has 0 aliphatic rings. The first-order chi connectivity index (χ1) is 11.3. The Morgan fingerprint density at radius 3 is 2.04 bits per heavy atom. The zero-order valence-corrected chi connectivity index (χ0v) is 12.8. The average molecular weight is 343 g/mol. The number of benzene rings is 2. The second-order valence-electron chi connectivity index (χ2n) is 5.22. The van der Waals surface area contributed by atoms with Crippen LogP contribution in [0.5, 0.6) is 5.75 Å². The van der Waals surface area contributed by atoms with E-state index in [4.69, 9.17) is 4.74 Å². The molecule has 130 valence electrons. The van der Waals surface area contributed by atoms with Gasteiger partial charge in [0.25, 0.3) is 0 Å². The number of rotatable bonds is 6. The van der Waals surface area contributed by atoms with Crippen LogP contribution in [0.15, 0.2) is 48.5 Å². The number of hydrogen-bond acceptors (Lipinski definition) is 3. The first kappa shape index (κ1) is 18.2. The number of aliphatic hydroxyl groups is 1. The van der Waals surface area contributed by atoms with Crippen LogP contribution in [-0.4, -0.2) is 24.9 Å². The summed E-state index contributed by atoms with van der Waals surface area (Å²) in [6, 6.07) is 8.52. The topological polar surface area (TPSA) is 41.5 Å². The van der Waals surface area contributed by atoms with Gasteiger partial charge < -0.3 is 9.84 Å². The Labute approximate surface area is 136 Å². The molecule has 0 aliphatic heterocycles. The van der Waals surface area contributed by atoms with Crippen molar-refractivity contribution in [2.45, 2.75) is 18.3 Å². The van der Waals surface area contributed by atoms with Crippen LogP contribution < -0.4 is 10.1 Å². The van der Waals surface area contributed by atoms with E-state index < -0.39 is 24.1 Å². The van der Waals surface area contributed by atoms with Gasteiger partial charge in [0.1, 0.15) is 17.6 Å². The Balaban J connectivity index is 2.10. The molecule has 7 heteroatoms. The highest BCUT2D eigenvalue weighted by Crippen LogP contribution is 2.33. The molecule has 0 amide bonds. The number of ether oxygens (including phenoxy) is 1. The van der Waals surface area contributed by atoms with Crippen LogP contribution in [0.2, 0.25) is 0 Å². The first-order valence-electron chi connectivity index (χ1n) is 7.19. The predicted molar refractivity (Wildman–Crippen MR) is 81.2 cm³/mol. The smallest absolute Gasteiger partial charge is 0.407 e. The predicted octanol–water partition coefficient (Wildman–Crippen LogP) is 3.76. The van der Waals surface area contributed by atoms with E-state index in [1.165, 1.54) is 43.5 Å². The highest BCUT2D eigenvalue weighted by molar-refractivity contribution is 5.30. The molecule has 0 radical (unpaired) electrons. The van der Waals surface area contributed by atoms with Crippen LogP contribution in [0.4, 0.5) is 17.6 Å². The third kappa shape index (κ3) is 4.69.